The highest BCUT2D eigenvalue weighted by Gasteiger charge is 2.50. The van der Waals surface area contributed by atoms with Gasteiger partial charge in [0.15, 0.2) is 11.5 Å². The zero-order chi connectivity index (χ0) is 19.5. The maximum absolute atomic E-state index is 12.6. The molecule has 1 aliphatic carbocycles. The Labute approximate surface area is 168 Å². The summed E-state index contributed by atoms with van der Waals surface area (Å²) >= 11 is 0. The summed E-state index contributed by atoms with van der Waals surface area (Å²) in [7, 11) is 0. The molecule has 6 heteroatoms. The monoisotopic (exact) mass is 391 g/mol. The van der Waals surface area contributed by atoms with E-state index in [2.05, 4.69) is 4.90 Å². The van der Waals surface area contributed by atoms with Crippen LogP contribution in [0.1, 0.15) is 33.8 Å². The van der Waals surface area contributed by atoms with Crippen molar-refractivity contribution in [2.75, 3.05) is 13.3 Å². The van der Waals surface area contributed by atoms with Crippen molar-refractivity contribution in [3.8, 4) is 11.5 Å². The van der Waals surface area contributed by atoms with E-state index in [0.29, 0.717) is 5.56 Å². The zero-order valence-corrected chi connectivity index (χ0v) is 15.8. The SMILES string of the molecule is O=C(O[C@H]1C=C2CCN3Cc4cc5c(cc4C(C23)[C@@H]1O)OCO5)c1ccccc1. The lowest BCUT2D eigenvalue weighted by Gasteiger charge is -2.45. The molecule has 4 atom stereocenters. The summed E-state index contributed by atoms with van der Waals surface area (Å²) in [5.74, 6) is 0.900. The second-order valence-corrected chi connectivity index (χ2v) is 8.06. The summed E-state index contributed by atoms with van der Waals surface area (Å²) in [6.07, 6.45) is 1.39. The maximum Gasteiger partial charge on any atom is 0.338 e. The minimum absolute atomic E-state index is 0.143. The van der Waals surface area contributed by atoms with Gasteiger partial charge in [-0.25, -0.2) is 4.79 Å². The van der Waals surface area contributed by atoms with Gasteiger partial charge in [-0.1, -0.05) is 23.8 Å². The zero-order valence-electron chi connectivity index (χ0n) is 15.8. The first-order valence-corrected chi connectivity index (χ1v) is 10.0. The number of carbonyl (C=O) groups excluding carboxylic acids is 1. The van der Waals surface area contributed by atoms with Gasteiger partial charge in [-0.15, -0.1) is 0 Å². The Hall–Kier alpha value is -2.83. The number of fused-ring (bicyclic) bond motifs is 3. The van der Waals surface area contributed by atoms with E-state index in [1.54, 1.807) is 24.3 Å². The molecule has 1 N–H and O–H groups in total. The number of carbonyl (C=O) groups is 1. The predicted octanol–water partition coefficient (Wildman–Crippen LogP) is 2.61. The molecule has 1 saturated heterocycles. The topological polar surface area (TPSA) is 68.2 Å². The van der Waals surface area contributed by atoms with Gasteiger partial charge in [0.2, 0.25) is 6.79 Å². The molecule has 2 unspecified atom stereocenters. The standard InChI is InChI=1S/C23H21NO5/c25-22-19(29-23(26)13-4-2-1-3-5-13)8-14-6-7-24-11-15-9-17-18(28-12-27-17)10-16(15)20(22)21(14)24/h1-5,8-10,19-22,25H,6-7,11-12H2/t19-,20?,21?,22+/m0/s1. The fraction of sp³-hybridized carbons (Fsp3) is 0.348. The second kappa shape index (κ2) is 6.34. The van der Waals surface area contributed by atoms with Gasteiger partial charge in [0, 0.05) is 25.0 Å². The Bertz CT molecular complexity index is 1020. The summed E-state index contributed by atoms with van der Waals surface area (Å²) in [6, 6.07) is 13.1. The van der Waals surface area contributed by atoms with Crippen LogP contribution in [0.3, 0.4) is 0 Å². The van der Waals surface area contributed by atoms with Gasteiger partial charge in [0.1, 0.15) is 12.2 Å². The van der Waals surface area contributed by atoms with Gasteiger partial charge in [-0.05, 0) is 47.9 Å². The molecule has 0 spiro atoms. The van der Waals surface area contributed by atoms with Crippen LogP contribution in [0.5, 0.6) is 11.5 Å². The number of hydrogen-bond acceptors (Lipinski definition) is 6. The van der Waals surface area contributed by atoms with Gasteiger partial charge < -0.3 is 19.3 Å². The molecule has 29 heavy (non-hydrogen) atoms. The third kappa shape index (κ3) is 2.59. The van der Waals surface area contributed by atoms with Crippen LogP contribution < -0.4 is 9.47 Å². The van der Waals surface area contributed by atoms with Gasteiger partial charge in [0.25, 0.3) is 0 Å². The lowest BCUT2D eigenvalue weighted by atomic mass is 9.73. The molecule has 6 rings (SSSR count). The average molecular weight is 391 g/mol. The Morgan fingerprint density at radius 3 is 2.76 bits per heavy atom. The van der Waals surface area contributed by atoms with Crippen LogP contribution in [0.15, 0.2) is 54.1 Å². The molecule has 0 amide bonds. The molecule has 148 valence electrons. The third-order valence-corrected chi connectivity index (χ3v) is 6.50. The number of aliphatic hydroxyl groups is 1. The van der Waals surface area contributed by atoms with E-state index in [1.165, 1.54) is 5.57 Å². The Morgan fingerprint density at radius 2 is 1.93 bits per heavy atom. The van der Waals surface area contributed by atoms with Gasteiger partial charge in [-0.3, -0.25) is 4.90 Å². The van der Waals surface area contributed by atoms with Crippen molar-refractivity contribution < 1.29 is 24.1 Å². The number of ether oxygens (including phenoxy) is 3. The number of hydrogen-bond donors (Lipinski definition) is 1. The number of benzene rings is 2. The Balaban J connectivity index is 1.37. The van der Waals surface area contributed by atoms with Crippen molar-refractivity contribution in [3.63, 3.8) is 0 Å². The van der Waals surface area contributed by atoms with Gasteiger partial charge in [0.05, 0.1) is 5.56 Å². The van der Waals surface area contributed by atoms with Crippen LogP contribution in [-0.2, 0) is 11.3 Å². The summed E-state index contributed by atoms with van der Waals surface area (Å²) in [5, 5.41) is 11.3. The van der Waals surface area contributed by atoms with Crippen molar-refractivity contribution in [1.82, 2.24) is 4.90 Å². The van der Waals surface area contributed by atoms with E-state index in [9.17, 15) is 9.90 Å². The van der Waals surface area contributed by atoms with Crippen molar-refractivity contribution >= 4 is 5.97 Å². The average Bonchev–Trinajstić information content (AvgIpc) is 3.36. The fourth-order valence-electron chi connectivity index (χ4n) is 5.20. The first kappa shape index (κ1) is 17.1. The molecule has 2 aromatic carbocycles. The summed E-state index contributed by atoms with van der Waals surface area (Å²) < 4.78 is 16.9. The van der Waals surface area contributed by atoms with E-state index in [-0.39, 0.29) is 18.8 Å². The van der Waals surface area contributed by atoms with Gasteiger partial charge >= 0.3 is 5.97 Å². The second-order valence-electron chi connectivity index (χ2n) is 8.06. The highest BCUT2D eigenvalue weighted by atomic mass is 16.7. The molecule has 0 saturated carbocycles. The van der Waals surface area contributed by atoms with E-state index < -0.39 is 18.2 Å². The number of nitrogens with zero attached hydrogens (tertiary/aromatic N) is 1. The van der Waals surface area contributed by atoms with Crippen molar-refractivity contribution in [3.05, 3.63) is 70.8 Å². The largest absolute Gasteiger partial charge is 0.454 e. The molecule has 3 aliphatic heterocycles. The molecule has 0 aromatic heterocycles. The van der Waals surface area contributed by atoms with Crippen LogP contribution in [-0.4, -0.2) is 47.6 Å². The summed E-state index contributed by atoms with van der Waals surface area (Å²) in [6.45, 7) is 1.99. The normalized spacial score (nSPS) is 29.1. The van der Waals surface area contributed by atoms with Gasteiger partial charge in [-0.2, -0.15) is 0 Å². The molecular formula is C23H21NO5. The highest BCUT2D eigenvalue weighted by molar-refractivity contribution is 5.89. The summed E-state index contributed by atoms with van der Waals surface area (Å²) in [4.78, 5) is 15.0. The van der Waals surface area contributed by atoms with Crippen LogP contribution in [0.2, 0.25) is 0 Å². The molecule has 1 fully saturated rings. The maximum atomic E-state index is 12.6. The highest BCUT2D eigenvalue weighted by Crippen LogP contribution is 2.50. The molecule has 4 aliphatic rings. The van der Waals surface area contributed by atoms with E-state index in [0.717, 1.165) is 42.1 Å². The molecule has 2 aromatic rings. The minimum atomic E-state index is -0.823. The predicted molar refractivity (Wildman–Crippen MR) is 104 cm³/mol. The van der Waals surface area contributed by atoms with Crippen molar-refractivity contribution in [2.24, 2.45) is 0 Å². The van der Waals surface area contributed by atoms with E-state index in [1.807, 2.05) is 24.3 Å². The van der Waals surface area contributed by atoms with E-state index in [4.69, 9.17) is 14.2 Å². The van der Waals surface area contributed by atoms with E-state index >= 15 is 0 Å². The minimum Gasteiger partial charge on any atom is -0.454 e. The molecule has 0 bridgehead atoms. The fourth-order valence-corrected chi connectivity index (χ4v) is 5.20. The first-order chi connectivity index (χ1) is 14.2. The van der Waals surface area contributed by atoms with Crippen LogP contribution in [0, 0.1) is 0 Å². The molecule has 3 heterocycles. The van der Waals surface area contributed by atoms with Crippen LogP contribution in [0.25, 0.3) is 0 Å². The van der Waals surface area contributed by atoms with Crippen LogP contribution >= 0.6 is 0 Å². The van der Waals surface area contributed by atoms with Crippen molar-refractivity contribution in [2.45, 2.75) is 37.1 Å². The summed E-state index contributed by atoms with van der Waals surface area (Å²) in [5.41, 5.74) is 3.94. The molecular weight excluding hydrogens is 370 g/mol. The lowest BCUT2D eigenvalue weighted by Crippen LogP contribution is -2.50. The smallest absolute Gasteiger partial charge is 0.338 e. The quantitative estimate of drug-likeness (QED) is 0.627. The lowest BCUT2D eigenvalue weighted by molar-refractivity contribution is -0.0259. The number of aliphatic hydroxyl groups excluding tert-OH is 1. The van der Waals surface area contributed by atoms with Crippen molar-refractivity contribution in [1.29, 1.82) is 0 Å². The Morgan fingerprint density at radius 1 is 1.14 bits per heavy atom. The van der Waals surface area contributed by atoms with Crippen LogP contribution in [0.4, 0.5) is 0 Å². The number of rotatable bonds is 2. The number of esters is 1. The molecule has 6 nitrogen and oxygen atoms in total. The Kier molecular flexibility index (Phi) is 3.73. The first-order valence-electron chi connectivity index (χ1n) is 10.0. The third-order valence-electron chi connectivity index (χ3n) is 6.50. The molecule has 0 radical (unpaired) electrons.